The first-order valence-electron chi connectivity index (χ1n) is 9.80. The molecule has 1 aromatic carbocycles. The minimum atomic E-state index is -2.25. The number of benzene rings is 1. The molecule has 0 saturated heterocycles. The predicted molar refractivity (Wildman–Crippen MR) is 113 cm³/mol. The molecule has 1 aromatic rings. The number of carbonyl (C=O) groups is 1. The van der Waals surface area contributed by atoms with E-state index in [1.165, 1.54) is 0 Å². The second-order valence-corrected chi connectivity index (χ2v) is 13.5. The Labute approximate surface area is 170 Å². The van der Waals surface area contributed by atoms with E-state index in [9.17, 15) is 15.0 Å². The van der Waals surface area contributed by atoms with Gasteiger partial charge in [-0.25, -0.2) is 4.79 Å². The zero-order chi connectivity index (χ0) is 21.5. The van der Waals surface area contributed by atoms with Crippen molar-refractivity contribution < 1.29 is 24.2 Å². The fourth-order valence-corrected chi connectivity index (χ4v) is 9.46. The molecule has 0 radical (unpaired) electrons. The first kappa shape index (κ1) is 24.4. The maximum absolute atomic E-state index is 12.5. The summed E-state index contributed by atoms with van der Waals surface area (Å²) in [6.07, 6.45) is 1.29. The Hall–Kier alpha value is -1.65. The van der Waals surface area contributed by atoms with E-state index in [-0.39, 0.29) is 6.61 Å². The van der Waals surface area contributed by atoms with E-state index >= 15 is 0 Å². The summed E-state index contributed by atoms with van der Waals surface area (Å²) in [4.78, 5) is 12.5. The predicted octanol–water partition coefficient (Wildman–Crippen LogP) is 3.76. The van der Waals surface area contributed by atoms with Gasteiger partial charge in [0.2, 0.25) is 8.32 Å². The fourth-order valence-electron chi connectivity index (χ4n) is 4.01. The highest BCUT2D eigenvalue weighted by molar-refractivity contribution is 6.77. The van der Waals surface area contributed by atoms with Crippen molar-refractivity contribution in [2.24, 2.45) is 0 Å². The maximum Gasteiger partial charge on any atom is 0.338 e. The van der Waals surface area contributed by atoms with E-state index in [1.807, 2.05) is 0 Å². The van der Waals surface area contributed by atoms with Gasteiger partial charge in [-0.05, 0) is 28.8 Å². The van der Waals surface area contributed by atoms with Crippen molar-refractivity contribution in [3.63, 3.8) is 0 Å². The zero-order valence-corrected chi connectivity index (χ0v) is 18.8. The first-order chi connectivity index (χ1) is 13.1. The van der Waals surface area contributed by atoms with Gasteiger partial charge < -0.3 is 19.4 Å². The molecular formula is C22H34O5Si. The number of carbonyl (C=O) groups excluding carboxylic acids is 1. The smallest absolute Gasteiger partial charge is 0.338 e. The molecule has 28 heavy (non-hydrogen) atoms. The van der Waals surface area contributed by atoms with Crippen LogP contribution in [0.15, 0.2) is 30.3 Å². The Morgan fingerprint density at radius 1 is 1.04 bits per heavy atom. The quantitative estimate of drug-likeness (QED) is 0.351. The number of aliphatic hydroxyl groups excluding tert-OH is 2. The molecule has 156 valence electrons. The number of aliphatic hydroxyl groups is 2. The Morgan fingerprint density at radius 3 is 1.96 bits per heavy atom. The topological polar surface area (TPSA) is 76.0 Å². The average molecular weight is 407 g/mol. The number of esters is 1. The van der Waals surface area contributed by atoms with Crippen LogP contribution in [0.1, 0.15) is 51.9 Å². The molecule has 5 nitrogen and oxygen atoms in total. The molecule has 0 spiro atoms. The van der Waals surface area contributed by atoms with Crippen LogP contribution in [-0.4, -0.2) is 49.4 Å². The monoisotopic (exact) mass is 406 g/mol. The molecule has 6 heteroatoms. The SMILES string of the molecule is C#C[C@@H](O)C(O)[C@@H](CO[Si](C(C)C)(C(C)C)C(C)C)OC(=O)c1ccccc1. The van der Waals surface area contributed by atoms with E-state index in [0.29, 0.717) is 22.2 Å². The summed E-state index contributed by atoms with van der Waals surface area (Å²) in [5.41, 5.74) is 1.34. The van der Waals surface area contributed by atoms with Crippen LogP contribution in [0.25, 0.3) is 0 Å². The number of hydrogen-bond acceptors (Lipinski definition) is 5. The molecule has 0 saturated carbocycles. The average Bonchev–Trinajstić information content (AvgIpc) is 2.65. The lowest BCUT2D eigenvalue weighted by Crippen LogP contribution is -2.51. The van der Waals surface area contributed by atoms with E-state index in [1.54, 1.807) is 30.3 Å². The summed E-state index contributed by atoms with van der Waals surface area (Å²) in [6, 6.07) is 8.49. The van der Waals surface area contributed by atoms with Gasteiger partial charge in [0, 0.05) is 0 Å². The molecule has 3 atom stereocenters. The summed E-state index contributed by atoms with van der Waals surface area (Å²) >= 11 is 0. The van der Waals surface area contributed by atoms with Crippen LogP contribution in [0.4, 0.5) is 0 Å². The van der Waals surface area contributed by atoms with Gasteiger partial charge in [0.05, 0.1) is 12.2 Å². The van der Waals surface area contributed by atoms with Crippen molar-refractivity contribution in [3.05, 3.63) is 35.9 Å². The molecule has 1 unspecified atom stereocenters. The minimum Gasteiger partial charge on any atom is -0.453 e. The fraction of sp³-hybridized carbons (Fsp3) is 0.591. The molecule has 0 aliphatic heterocycles. The van der Waals surface area contributed by atoms with Crippen LogP contribution in [-0.2, 0) is 9.16 Å². The van der Waals surface area contributed by atoms with Crippen molar-refractivity contribution >= 4 is 14.3 Å². The molecule has 0 bridgehead atoms. The van der Waals surface area contributed by atoms with E-state index < -0.39 is 32.6 Å². The van der Waals surface area contributed by atoms with Crippen LogP contribution in [0.2, 0.25) is 16.6 Å². The molecule has 0 aliphatic carbocycles. The van der Waals surface area contributed by atoms with E-state index in [2.05, 4.69) is 47.5 Å². The second kappa shape index (κ2) is 10.8. The molecule has 0 heterocycles. The van der Waals surface area contributed by atoms with Gasteiger partial charge in [0.25, 0.3) is 0 Å². The second-order valence-electron chi connectivity index (χ2n) is 8.04. The number of ether oxygens (including phenoxy) is 1. The number of hydrogen-bond donors (Lipinski definition) is 2. The van der Waals surface area contributed by atoms with Gasteiger partial charge in [-0.3, -0.25) is 0 Å². The standard InChI is InChI=1S/C22H34O5Si/c1-8-19(23)21(24)20(27-22(25)18-12-10-9-11-13-18)14-26-28(15(2)3,16(4)5)17(6)7/h1,9-13,15-17,19-21,23-24H,14H2,2-7H3/t19-,20-,21?/m1/s1. The van der Waals surface area contributed by atoms with Crippen LogP contribution in [0.5, 0.6) is 0 Å². The first-order valence-corrected chi connectivity index (χ1v) is 11.9. The summed E-state index contributed by atoms with van der Waals surface area (Å²) in [7, 11) is -2.25. The van der Waals surface area contributed by atoms with Crippen molar-refractivity contribution in [2.75, 3.05) is 6.61 Å². The lowest BCUT2D eigenvalue weighted by molar-refractivity contribution is -0.0696. The van der Waals surface area contributed by atoms with Crippen LogP contribution in [0.3, 0.4) is 0 Å². The Morgan fingerprint density at radius 2 is 1.54 bits per heavy atom. The Balaban J connectivity index is 3.09. The summed E-state index contributed by atoms with van der Waals surface area (Å²) < 4.78 is 12.0. The molecule has 1 rings (SSSR count). The van der Waals surface area contributed by atoms with Crippen molar-refractivity contribution in [1.82, 2.24) is 0 Å². The van der Waals surface area contributed by atoms with Gasteiger partial charge in [0.15, 0.2) is 6.10 Å². The molecule has 0 aliphatic rings. The zero-order valence-electron chi connectivity index (χ0n) is 17.8. The van der Waals surface area contributed by atoms with Crippen molar-refractivity contribution in [2.45, 2.75) is 76.5 Å². The van der Waals surface area contributed by atoms with E-state index in [4.69, 9.17) is 15.6 Å². The van der Waals surface area contributed by atoms with Crippen LogP contribution >= 0.6 is 0 Å². The largest absolute Gasteiger partial charge is 0.453 e. The molecule has 0 amide bonds. The Bertz CT molecular complexity index is 629. The Kier molecular flexibility index (Phi) is 9.38. The van der Waals surface area contributed by atoms with Gasteiger partial charge >= 0.3 is 5.97 Å². The molecule has 2 N–H and O–H groups in total. The highest BCUT2D eigenvalue weighted by atomic mass is 28.4. The minimum absolute atomic E-state index is 0.0146. The lowest BCUT2D eigenvalue weighted by atomic mass is 10.1. The van der Waals surface area contributed by atoms with E-state index in [0.717, 1.165) is 0 Å². The summed E-state index contributed by atoms with van der Waals surface area (Å²) in [5.74, 6) is 1.50. The number of rotatable bonds is 10. The van der Waals surface area contributed by atoms with Gasteiger partial charge in [-0.15, -0.1) is 6.42 Å². The third-order valence-corrected chi connectivity index (χ3v) is 11.4. The summed E-state index contributed by atoms with van der Waals surface area (Å²) in [5, 5.41) is 20.4. The van der Waals surface area contributed by atoms with Crippen molar-refractivity contribution in [1.29, 1.82) is 0 Å². The molecule has 0 fully saturated rings. The third kappa shape index (κ3) is 5.68. The lowest BCUT2D eigenvalue weighted by Gasteiger charge is -2.43. The molecular weight excluding hydrogens is 372 g/mol. The summed E-state index contributed by atoms with van der Waals surface area (Å²) in [6.45, 7) is 12.8. The highest BCUT2D eigenvalue weighted by Crippen LogP contribution is 2.42. The maximum atomic E-state index is 12.5. The van der Waals surface area contributed by atoms with Gasteiger partial charge in [0.1, 0.15) is 12.2 Å². The van der Waals surface area contributed by atoms with Crippen LogP contribution in [0, 0.1) is 12.3 Å². The van der Waals surface area contributed by atoms with Gasteiger partial charge in [-0.2, -0.15) is 0 Å². The highest BCUT2D eigenvalue weighted by Gasteiger charge is 2.46. The van der Waals surface area contributed by atoms with Crippen LogP contribution < -0.4 is 0 Å². The van der Waals surface area contributed by atoms with Crippen molar-refractivity contribution in [3.8, 4) is 12.3 Å². The van der Waals surface area contributed by atoms with Gasteiger partial charge in [-0.1, -0.05) is 65.7 Å². The molecule has 0 aromatic heterocycles. The number of terminal acetylenes is 1. The normalized spacial score (nSPS) is 15.4. The third-order valence-electron chi connectivity index (χ3n) is 5.35.